The second-order valence-corrected chi connectivity index (χ2v) is 17.2. The molecule has 0 aromatic rings. The highest BCUT2D eigenvalue weighted by atomic mass is 16.7. The highest BCUT2D eigenvalue weighted by molar-refractivity contribution is 5.80. The highest BCUT2D eigenvalue weighted by Crippen LogP contribution is 2.23. The standard InChI is InChI=1S/C46H91NO10/c1-3-5-7-9-11-13-15-16-17-18-19-20-21-22-23-24-26-28-30-32-34-39(50)45(55)47-37(36-56-46-44(54)43(53)42(52)40(35-48)57-46)41(51)38(49)33-31-29-27-25-14-12-10-8-6-4-2/h37-44,46,48-54H,3-36H2,1-2H3,(H,47,55)/t37-,38-,39?,40-,41+,42+,43+,44-,46+/m1/s1. The van der Waals surface area contributed by atoms with E-state index >= 15 is 0 Å². The van der Waals surface area contributed by atoms with Gasteiger partial charge in [0.2, 0.25) is 5.91 Å². The van der Waals surface area contributed by atoms with Crippen LogP contribution in [0.15, 0.2) is 0 Å². The summed E-state index contributed by atoms with van der Waals surface area (Å²) >= 11 is 0. The number of hydrogen-bond donors (Lipinski definition) is 8. The van der Waals surface area contributed by atoms with Crippen LogP contribution in [0.25, 0.3) is 0 Å². The molecule has 0 spiro atoms. The molecule has 0 saturated carbocycles. The third-order valence-electron chi connectivity index (χ3n) is 11.9. The first-order chi connectivity index (χ1) is 27.7. The van der Waals surface area contributed by atoms with Crippen LogP contribution in [0.1, 0.15) is 219 Å². The number of unbranched alkanes of at least 4 members (excludes halogenated alkanes) is 28. The molecule has 57 heavy (non-hydrogen) atoms. The summed E-state index contributed by atoms with van der Waals surface area (Å²) in [5.41, 5.74) is 0. The van der Waals surface area contributed by atoms with Crippen molar-refractivity contribution in [2.45, 2.75) is 274 Å². The minimum Gasteiger partial charge on any atom is -0.394 e. The van der Waals surface area contributed by atoms with Crippen LogP contribution in [0.5, 0.6) is 0 Å². The van der Waals surface area contributed by atoms with E-state index in [9.17, 15) is 40.5 Å². The lowest BCUT2D eigenvalue weighted by molar-refractivity contribution is -0.303. The normalized spacial score (nSPS) is 22.0. The lowest BCUT2D eigenvalue weighted by Gasteiger charge is -2.40. The van der Waals surface area contributed by atoms with Gasteiger partial charge in [0.15, 0.2) is 6.29 Å². The van der Waals surface area contributed by atoms with Crippen LogP contribution in [-0.2, 0) is 14.3 Å². The average molecular weight is 818 g/mol. The molecule has 1 saturated heterocycles. The monoisotopic (exact) mass is 818 g/mol. The number of rotatable bonds is 40. The van der Waals surface area contributed by atoms with Crippen molar-refractivity contribution < 1.29 is 50.0 Å². The van der Waals surface area contributed by atoms with Crippen molar-refractivity contribution >= 4 is 5.91 Å². The molecule has 0 radical (unpaired) electrons. The number of aliphatic hydroxyl groups excluding tert-OH is 7. The van der Waals surface area contributed by atoms with Crippen LogP contribution in [0.3, 0.4) is 0 Å². The number of ether oxygens (including phenoxy) is 2. The predicted molar refractivity (Wildman–Crippen MR) is 229 cm³/mol. The zero-order valence-electron chi connectivity index (χ0n) is 36.6. The van der Waals surface area contributed by atoms with Crippen LogP contribution in [0, 0.1) is 0 Å². The van der Waals surface area contributed by atoms with E-state index in [2.05, 4.69) is 19.2 Å². The Morgan fingerprint density at radius 1 is 0.544 bits per heavy atom. The van der Waals surface area contributed by atoms with Crippen molar-refractivity contribution in [1.82, 2.24) is 5.32 Å². The molecule has 1 heterocycles. The van der Waals surface area contributed by atoms with E-state index < -0.39 is 74.2 Å². The Labute approximate surface area is 348 Å². The van der Waals surface area contributed by atoms with Gasteiger partial charge in [0.25, 0.3) is 0 Å². The lowest BCUT2D eigenvalue weighted by atomic mass is 9.98. The van der Waals surface area contributed by atoms with Gasteiger partial charge in [-0.25, -0.2) is 0 Å². The molecule has 1 unspecified atom stereocenters. The first-order valence-corrected chi connectivity index (χ1v) is 23.9. The first-order valence-electron chi connectivity index (χ1n) is 23.9. The van der Waals surface area contributed by atoms with Gasteiger partial charge in [0.05, 0.1) is 25.4 Å². The van der Waals surface area contributed by atoms with Crippen LogP contribution < -0.4 is 5.32 Å². The van der Waals surface area contributed by atoms with Crippen LogP contribution in [-0.4, -0.2) is 110 Å². The molecule has 1 amide bonds. The summed E-state index contributed by atoms with van der Waals surface area (Å²) in [5.74, 6) is -0.694. The number of hydrogen-bond acceptors (Lipinski definition) is 10. The van der Waals surface area contributed by atoms with E-state index in [-0.39, 0.29) is 6.42 Å². The van der Waals surface area contributed by atoms with Gasteiger partial charge in [-0.1, -0.05) is 206 Å². The summed E-state index contributed by atoms with van der Waals surface area (Å²) in [6.07, 6.45) is 25.9. The van der Waals surface area contributed by atoms with E-state index in [1.807, 2.05) is 0 Å². The third-order valence-corrected chi connectivity index (χ3v) is 11.9. The van der Waals surface area contributed by atoms with Crippen LogP contribution in [0.2, 0.25) is 0 Å². The van der Waals surface area contributed by atoms with Gasteiger partial charge < -0.3 is 50.5 Å². The van der Waals surface area contributed by atoms with Crippen molar-refractivity contribution in [3.8, 4) is 0 Å². The second kappa shape index (κ2) is 36.9. The molecule has 11 heteroatoms. The summed E-state index contributed by atoms with van der Waals surface area (Å²) in [6.45, 7) is 3.43. The maximum absolute atomic E-state index is 13.1. The molecule has 11 nitrogen and oxygen atoms in total. The molecule has 0 aromatic heterocycles. The number of nitrogens with one attached hydrogen (secondary N) is 1. The molecule has 0 aliphatic carbocycles. The molecule has 8 N–H and O–H groups in total. The quantitative estimate of drug-likeness (QED) is 0.0283. The fourth-order valence-electron chi connectivity index (χ4n) is 7.91. The summed E-state index contributed by atoms with van der Waals surface area (Å²) in [7, 11) is 0. The van der Waals surface area contributed by atoms with E-state index in [1.54, 1.807) is 0 Å². The van der Waals surface area contributed by atoms with E-state index in [1.165, 1.54) is 141 Å². The Morgan fingerprint density at radius 3 is 1.30 bits per heavy atom. The molecule has 1 aliphatic rings. The topological polar surface area (TPSA) is 189 Å². The smallest absolute Gasteiger partial charge is 0.249 e. The number of carbonyl (C=O) groups is 1. The Balaban J connectivity index is 2.37. The largest absolute Gasteiger partial charge is 0.394 e. The highest BCUT2D eigenvalue weighted by Gasteiger charge is 2.44. The molecule has 0 bridgehead atoms. The van der Waals surface area contributed by atoms with Gasteiger partial charge in [-0.3, -0.25) is 4.79 Å². The van der Waals surface area contributed by atoms with Crippen molar-refractivity contribution in [3.05, 3.63) is 0 Å². The fraction of sp³-hybridized carbons (Fsp3) is 0.978. The number of amides is 1. The molecule has 1 aliphatic heterocycles. The van der Waals surface area contributed by atoms with Gasteiger partial charge in [-0.15, -0.1) is 0 Å². The van der Waals surface area contributed by atoms with Gasteiger partial charge >= 0.3 is 0 Å². The molecule has 0 aromatic carbocycles. The Morgan fingerprint density at radius 2 is 0.912 bits per heavy atom. The molecular weight excluding hydrogens is 727 g/mol. The van der Waals surface area contributed by atoms with Crippen molar-refractivity contribution in [2.24, 2.45) is 0 Å². The first kappa shape index (κ1) is 54.1. The van der Waals surface area contributed by atoms with Gasteiger partial charge in [-0.2, -0.15) is 0 Å². The second-order valence-electron chi connectivity index (χ2n) is 17.2. The number of aliphatic hydroxyl groups is 7. The van der Waals surface area contributed by atoms with Crippen LogP contribution in [0.4, 0.5) is 0 Å². The molecule has 9 atom stereocenters. The number of carbonyl (C=O) groups excluding carboxylic acids is 1. The van der Waals surface area contributed by atoms with E-state index in [4.69, 9.17) is 9.47 Å². The zero-order valence-corrected chi connectivity index (χ0v) is 36.6. The SMILES string of the molecule is CCCCCCCCCCCCCCCCCCCCCCC(O)C(=O)N[C@H](CO[C@H]1O[C@H](CO)[C@H](O)[C@H](O)[C@H]1O)[C@H](O)[C@H](O)CCCCCCCCCCCC. The Bertz CT molecular complexity index is 897. The van der Waals surface area contributed by atoms with Crippen molar-refractivity contribution in [1.29, 1.82) is 0 Å². The minimum absolute atomic E-state index is 0.266. The molecular formula is C46H91NO10. The van der Waals surface area contributed by atoms with E-state index in [0.717, 1.165) is 38.5 Å². The van der Waals surface area contributed by atoms with E-state index in [0.29, 0.717) is 19.3 Å². The Hall–Kier alpha value is -0.890. The molecule has 1 fully saturated rings. The minimum atomic E-state index is -1.65. The van der Waals surface area contributed by atoms with Crippen molar-refractivity contribution in [2.75, 3.05) is 13.2 Å². The molecule has 340 valence electrons. The summed E-state index contributed by atoms with van der Waals surface area (Å²) < 4.78 is 11.1. The zero-order chi connectivity index (χ0) is 41.9. The lowest BCUT2D eigenvalue weighted by Crippen LogP contribution is -2.60. The predicted octanol–water partition coefficient (Wildman–Crippen LogP) is 7.89. The average Bonchev–Trinajstić information content (AvgIpc) is 3.21. The fourth-order valence-corrected chi connectivity index (χ4v) is 7.91. The maximum Gasteiger partial charge on any atom is 0.249 e. The summed E-state index contributed by atoms with van der Waals surface area (Å²) in [5, 5.41) is 75.6. The van der Waals surface area contributed by atoms with Gasteiger partial charge in [0, 0.05) is 0 Å². The van der Waals surface area contributed by atoms with Gasteiger partial charge in [0.1, 0.15) is 36.6 Å². The summed E-state index contributed by atoms with van der Waals surface area (Å²) in [4.78, 5) is 13.1. The van der Waals surface area contributed by atoms with Crippen LogP contribution >= 0.6 is 0 Å². The maximum atomic E-state index is 13.1. The Kier molecular flexibility index (Phi) is 35.1. The van der Waals surface area contributed by atoms with Crippen molar-refractivity contribution in [3.63, 3.8) is 0 Å². The summed E-state index contributed by atoms with van der Waals surface area (Å²) in [6, 6.07) is -1.16. The molecule has 1 rings (SSSR count). The van der Waals surface area contributed by atoms with Gasteiger partial charge in [-0.05, 0) is 12.8 Å². The third kappa shape index (κ3) is 26.8.